The van der Waals surface area contributed by atoms with E-state index in [2.05, 4.69) is 12.1 Å². The number of amides is 2. The number of carbonyl (C=O) groups excluding carboxylic acids is 2. The summed E-state index contributed by atoms with van der Waals surface area (Å²) in [5, 5.41) is 0. The second-order valence-corrected chi connectivity index (χ2v) is 9.45. The number of carbonyl (C=O) groups is 2. The molecule has 3 aliphatic rings. The molecule has 2 fully saturated rings. The summed E-state index contributed by atoms with van der Waals surface area (Å²) in [5.74, 6) is 0.603. The van der Waals surface area contributed by atoms with Crippen LogP contribution in [0.15, 0.2) is 41.3 Å². The molecule has 32 heavy (non-hydrogen) atoms. The van der Waals surface area contributed by atoms with E-state index >= 15 is 0 Å². The van der Waals surface area contributed by atoms with Crippen molar-refractivity contribution in [1.29, 1.82) is 0 Å². The molecule has 5 rings (SSSR count). The van der Waals surface area contributed by atoms with E-state index in [9.17, 15) is 14.4 Å². The molecule has 6 heteroatoms. The molecule has 0 spiro atoms. The lowest BCUT2D eigenvalue weighted by atomic mass is 9.95. The quantitative estimate of drug-likeness (QED) is 0.728. The monoisotopic (exact) mass is 433 g/mol. The number of hydrogen-bond acceptors (Lipinski definition) is 3. The van der Waals surface area contributed by atoms with Gasteiger partial charge in [-0.1, -0.05) is 37.3 Å². The van der Waals surface area contributed by atoms with Crippen molar-refractivity contribution in [2.75, 3.05) is 13.1 Å². The predicted octanol–water partition coefficient (Wildman–Crippen LogP) is 3.01. The van der Waals surface area contributed by atoms with Gasteiger partial charge in [0.05, 0.1) is 0 Å². The highest BCUT2D eigenvalue weighted by Gasteiger charge is 2.42. The van der Waals surface area contributed by atoms with Crippen LogP contribution in [0.4, 0.5) is 0 Å². The van der Waals surface area contributed by atoms with Crippen molar-refractivity contribution in [2.45, 2.75) is 64.6 Å². The number of fused-ring (bicyclic) bond motifs is 3. The molecule has 6 nitrogen and oxygen atoms in total. The Kier molecular flexibility index (Phi) is 5.62. The highest BCUT2D eigenvalue weighted by Crippen LogP contribution is 2.38. The highest BCUT2D eigenvalue weighted by atomic mass is 16.2. The van der Waals surface area contributed by atoms with E-state index < -0.39 is 0 Å². The minimum absolute atomic E-state index is 0.0946. The van der Waals surface area contributed by atoms with Gasteiger partial charge in [-0.3, -0.25) is 14.4 Å². The number of nitrogens with zero attached hydrogens (tertiary/aromatic N) is 3. The molecule has 1 aromatic heterocycles. The van der Waals surface area contributed by atoms with Gasteiger partial charge in [-0.25, -0.2) is 0 Å². The molecule has 0 unspecified atom stereocenters. The molecule has 3 heterocycles. The SMILES string of the molecule is CCC(=O)N1CCc2c(cn(CCc3ccccc3)c(=O)c2C(=O)N2C[C@H]3CC[C@H]2C3)C1. The first-order valence-corrected chi connectivity index (χ1v) is 11.9. The number of piperidine rings is 1. The first kappa shape index (κ1) is 21.0. The normalized spacial score (nSPS) is 21.7. The molecule has 2 amide bonds. The summed E-state index contributed by atoms with van der Waals surface area (Å²) in [6.45, 7) is 4.21. The lowest BCUT2D eigenvalue weighted by Crippen LogP contribution is -2.44. The van der Waals surface area contributed by atoms with Gasteiger partial charge < -0.3 is 14.4 Å². The molecular weight excluding hydrogens is 402 g/mol. The molecule has 1 aromatic carbocycles. The molecule has 2 bridgehead atoms. The van der Waals surface area contributed by atoms with Crippen LogP contribution in [0.25, 0.3) is 0 Å². The van der Waals surface area contributed by atoms with Crippen molar-refractivity contribution in [3.63, 3.8) is 0 Å². The van der Waals surface area contributed by atoms with Gasteiger partial charge in [-0.15, -0.1) is 0 Å². The molecule has 1 saturated carbocycles. The zero-order valence-corrected chi connectivity index (χ0v) is 18.8. The molecule has 1 aliphatic carbocycles. The molecule has 1 saturated heterocycles. The van der Waals surface area contributed by atoms with Crippen LogP contribution in [0.2, 0.25) is 0 Å². The van der Waals surface area contributed by atoms with Gasteiger partial charge >= 0.3 is 0 Å². The molecule has 168 valence electrons. The van der Waals surface area contributed by atoms with Crippen molar-refractivity contribution < 1.29 is 9.59 Å². The van der Waals surface area contributed by atoms with Gasteiger partial charge in [-0.2, -0.15) is 0 Å². The van der Waals surface area contributed by atoms with E-state index in [4.69, 9.17) is 0 Å². The van der Waals surface area contributed by atoms with E-state index in [-0.39, 0.29) is 23.4 Å². The van der Waals surface area contributed by atoms with E-state index in [0.717, 1.165) is 42.5 Å². The molecular formula is C26H31N3O3. The third-order valence-electron chi connectivity index (χ3n) is 7.49. The number of likely N-dealkylation sites (tertiary alicyclic amines) is 1. The molecule has 0 radical (unpaired) electrons. The highest BCUT2D eigenvalue weighted by molar-refractivity contribution is 5.96. The van der Waals surface area contributed by atoms with Crippen LogP contribution in [-0.4, -0.2) is 45.3 Å². The van der Waals surface area contributed by atoms with Crippen molar-refractivity contribution in [2.24, 2.45) is 5.92 Å². The average Bonchev–Trinajstić information content (AvgIpc) is 3.46. The summed E-state index contributed by atoms with van der Waals surface area (Å²) >= 11 is 0. The van der Waals surface area contributed by atoms with Crippen molar-refractivity contribution in [3.8, 4) is 0 Å². The maximum atomic E-state index is 13.7. The van der Waals surface area contributed by atoms with Crippen LogP contribution in [0, 0.1) is 5.92 Å². The van der Waals surface area contributed by atoms with Gasteiger partial charge in [0, 0.05) is 44.8 Å². The summed E-state index contributed by atoms with van der Waals surface area (Å²) in [7, 11) is 0. The fourth-order valence-corrected chi connectivity index (χ4v) is 5.75. The maximum absolute atomic E-state index is 13.7. The van der Waals surface area contributed by atoms with Crippen LogP contribution in [0.3, 0.4) is 0 Å². The minimum atomic E-state index is -0.178. The Hall–Kier alpha value is -2.89. The Morgan fingerprint density at radius 3 is 2.62 bits per heavy atom. The van der Waals surface area contributed by atoms with E-state index in [1.165, 1.54) is 6.42 Å². The number of aromatic nitrogens is 1. The maximum Gasteiger partial charge on any atom is 0.263 e. The number of pyridine rings is 1. The second kappa shape index (κ2) is 8.57. The molecule has 2 aromatic rings. The largest absolute Gasteiger partial charge is 0.338 e. The van der Waals surface area contributed by atoms with Gasteiger partial charge in [-0.05, 0) is 54.7 Å². The van der Waals surface area contributed by atoms with Crippen LogP contribution in [0.5, 0.6) is 0 Å². The third kappa shape index (κ3) is 3.76. The van der Waals surface area contributed by atoms with Crippen molar-refractivity contribution in [3.05, 3.63) is 69.1 Å². The Morgan fingerprint density at radius 1 is 1.12 bits per heavy atom. The van der Waals surface area contributed by atoms with Gasteiger partial charge in [0.2, 0.25) is 5.91 Å². The Morgan fingerprint density at radius 2 is 1.94 bits per heavy atom. The van der Waals surface area contributed by atoms with Crippen LogP contribution < -0.4 is 5.56 Å². The molecule has 0 N–H and O–H groups in total. The molecule has 2 aliphatic heterocycles. The molecule has 2 atom stereocenters. The summed E-state index contributed by atoms with van der Waals surface area (Å²) in [6, 6.07) is 10.4. The Labute approximate surface area is 188 Å². The lowest BCUT2D eigenvalue weighted by Gasteiger charge is -2.32. The summed E-state index contributed by atoms with van der Waals surface area (Å²) in [4.78, 5) is 43.4. The van der Waals surface area contributed by atoms with Crippen LogP contribution in [-0.2, 0) is 30.7 Å². The topological polar surface area (TPSA) is 62.6 Å². The first-order chi connectivity index (χ1) is 15.5. The average molecular weight is 434 g/mol. The van der Waals surface area contributed by atoms with Crippen LogP contribution in [0.1, 0.15) is 59.7 Å². The third-order valence-corrected chi connectivity index (χ3v) is 7.49. The fraction of sp³-hybridized carbons (Fsp3) is 0.500. The Bertz CT molecular complexity index is 1090. The standard InChI is InChI=1S/C26H31N3O3/c1-2-23(30)27-13-11-22-20(16-27)17-28(12-10-18-6-4-3-5-7-18)25(31)24(22)26(32)29-15-19-8-9-21(29)14-19/h3-7,17,19,21H,2,8-16H2,1H3/t19-,21-/m0/s1. The van der Waals surface area contributed by atoms with Gasteiger partial charge in [0.1, 0.15) is 5.56 Å². The van der Waals surface area contributed by atoms with Crippen LogP contribution >= 0.6 is 0 Å². The fourth-order valence-electron chi connectivity index (χ4n) is 5.75. The smallest absolute Gasteiger partial charge is 0.263 e. The summed E-state index contributed by atoms with van der Waals surface area (Å²) < 4.78 is 1.70. The number of benzene rings is 1. The minimum Gasteiger partial charge on any atom is -0.338 e. The summed E-state index contributed by atoms with van der Waals surface area (Å²) in [6.07, 6.45) is 6.96. The predicted molar refractivity (Wildman–Crippen MR) is 122 cm³/mol. The first-order valence-electron chi connectivity index (χ1n) is 11.9. The Balaban J connectivity index is 1.51. The van der Waals surface area contributed by atoms with E-state index in [1.807, 2.05) is 41.1 Å². The van der Waals surface area contributed by atoms with Gasteiger partial charge in [0.15, 0.2) is 0 Å². The van der Waals surface area contributed by atoms with Crippen molar-refractivity contribution >= 4 is 11.8 Å². The van der Waals surface area contributed by atoms with E-state index in [1.54, 1.807) is 4.57 Å². The number of aryl methyl sites for hydroxylation is 2. The number of hydrogen-bond donors (Lipinski definition) is 0. The van der Waals surface area contributed by atoms with Gasteiger partial charge in [0.25, 0.3) is 11.5 Å². The van der Waals surface area contributed by atoms with Crippen molar-refractivity contribution in [1.82, 2.24) is 14.4 Å². The lowest BCUT2D eigenvalue weighted by molar-refractivity contribution is -0.131. The second-order valence-electron chi connectivity index (χ2n) is 9.45. The summed E-state index contributed by atoms with van der Waals surface area (Å²) in [5.41, 5.74) is 3.14. The zero-order valence-electron chi connectivity index (χ0n) is 18.8. The van der Waals surface area contributed by atoms with E-state index in [0.29, 0.717) is 44.0 Å². The number of rotatable bonds is 5. The zero-order chi connectivity index (χ0) is 22.2.